The van der Waals surface area contributed by atoms with E-state index >= 15 is 0 Å². The molecule has 0 atom stereocenters. The first-order chi connectivity index (χ1) is 21.5. The maximum atomic E-state index is 13.4. The smallest absolute Gasteiger partial charge is 0.464 e. The highest BCUT2D eigenvalue weighted by molar-refractivity contribution is 9.10. The molecule has 0 aliphatic heterocycles. The van der Waals surface area contributed by atoms with E-state index < -0.39 is 30.7 Å². The third-order valence-electron chi connectivity index (χ3n) is 5.83. The number of nitrogens with zero attached hydrogens (tertiary/aromatic N) is 5. The van der Waals surface area contributed by atoms with E-state index in [0.29, 0.717) is 27.6 Å². The molecule has 0 amide bonds. The number of benzene rings is 2. The van der Waals surface area contributed by atoms with Crippen LogP contribution in [0.2, 0.25) is 0 Å². The Kier molecular flexibility index (Phi) is 11.1. The SMILES string of the molecule is COC(=O)c1[nH]nc2ncc(F)cc12.COC(=O)c1nn(-c2cccc(Br)c2)c2ncc(F)cc12.OB(O)c1cccc(Br)c1. The number of carbonyl (C=O) groups is 2. The van der Waals surface area contributed by atoms with Crippen molar-refractivity contribution in [3.05, 3.63) is 105 Å². The predicted molar refractivity (Wildman–Crippen MR) is 167 cm³/mol. The van der Waals surface area contributed by atoms with E-state index in [9.17, 15) is 18.4 Å². The van der Waals surface area contributed by atoms with Crippen molar-refractivity contribution in [2.45, 2.75) is 0 Å². The number of ether oxygens (including phenoxy) is 2. The molecule has 0 unspecified atom stereocenters. The molecule has 2 aromatic carbocycles. The Hall–Kier alpha value is -4.58. The van der Waals surface area contributed by atoms with Crippen molar-refractivity contribution in [1.82, 2.24) is 29.9 Å². The van der Waals surface area contributed by atoms with Gasteiger partial charge in [-0.25, -0.2) is 33.0 Å². The van der Waals surface area contributed by atoms with Gasteiger partial charge in [0.05, 0.1) is 43.1 Å². The zero-order valence-electron chi connectivity index (χ0n) is 23.3. The van der Waals surface area contributed by atoms with E-state index in [1.54, 1.807) is 18.2 Å². The fourth-order valence-corrected chi connectivity index (χ4v) is 4.61. The van der Waals surface area contributed by atoms with Gasteiger partial charge in [0, 0.05) is 8.95 Å². The molecule has 0 bridgehead atoms. The molecule has 0 saturated heterocycles. The van der Waals surface area contributed by atoms with Gasteiger partial charge in [-0.05, 0) is 47.9 Å². The van der Waals surface area contributed by atoms with Gasteiger partial charge in [0.15, 0.2) is 22.7 Å². The van der Waals surface area contributed by atoms with Crippen molar-refractivity contribution in [2.75, 3.05) is 14.2 Å². The second kappa shape index (κ2) is 14.9. The van der Waals surface area contributed by atoms with Crippen LogP contribution in [0.1, 0.15) is 21.0 Å². The first-order valence-electron chi connectivity index (χ1n) is 12.6. The number of esters is 2. The van der Waals surface area contributed by atoms with Crippen LogP contribution < -0.4 is 5.46 Å². The van der Waals surface area contributed by atoms with Crippen LogP contribution in [0.5, 0.6) is 0 Å². The normalized spacial score (nSPS) is 10.4. The molecule has 6 rings (SSSR count). The van der Waals surface area contributed by atoms with Gasteiger partial charge in [0.25, 0.3) is 0 Å². The summed E-state index contributed by atoms with van der Waals surface area (Å²) < 4.78 is 38.5. The number of rotatable bonds is 4. The number of fused-ring (bicyclic) bond motifs is 2. The molecule has 6 aromatic rings. The van der Waals surface area contributed by atoms with Gasteiger partial charge in [0.1, 0.15) is 11.6 Å². The van der Waals surface area contributed by atoms with Gasteiger partial charge < -0.3 is 19.5 Å². The van der Waals surface area contributed by atoms with E-state index in [0.717, 1.165) is 21.3 Å². The number of aromatic nitrogens is 6. The summed E-state index contributed by atoms with van der Waals surface area (Å²) in [6.45, 7) is 0. The van der Waals surface area contributed by atoms with Crippen molar-refractivity contribution in [3.63, 3.8) is 0 Å². The van der Waals surface area contributed by atoms with Crippen molar-refractivity contribution in [2.24, 2.45) is 0 Å². The highest BCUT2D eigenvalue weighted by atomic mass is 79.9. The third kappa shape index (κ3) is 8.13. The monoisotopic (exact) mass is 744 g/mol. The summed E-state index contributed by atoms with van der Waals surface area (Å²) in [7, 11) is 1.11. The van der Waals surface area contributed by atoms with Crippen LogP contribution >= 0.6 is 31.9 Å². The lowest BCUT2D eigenvalue weighted by Crippen LogP contribution is -2.29. The zero-order valence-corrected chi connectivity index (χ0v) is 26.5. The Balaban J connectivity index is 0.000000166. The summed E-state index contributed by atoms with van der Waals surface area (Å²) >= 11 is 6.58. The minimum atomic E-state index is -1.38. The Bertz CT molecular complexity index is 1990. The minimum Gasteiger partial charge on any atom is -0.464 e. The molecule has 4 heterocycles. The Morgan fingerprint density at radius 3 is 2.09 bits per heavy atom. The standard InChI is InChI=1S/C14H9BrFN3O2.C8H6FN3O2.C6H6BBrO2/c1-21-14(20)12-11-6-9(16)7-17-13(11)19(18-12)10-4-2-3-8(15)5-10;1-14-8(13)6-5-2-4(9)3-10-7(5)12-11-6;8-6-3-1-2-5(4-6)7(9)10/h2-7H,1H3;2-3H,1H3,(H,10,11,12);1-4,9-10H. The largest absolute Gasteiger partial charge is 0.488 e. The molecule has 3 N–H and O–H groups in total. The maximum absolute atomic E-state index is 13.4. The van der Waals surface area contributed by atoms with Crippen LogP contribution in [0.3, 0.4) is 0 Å². The Labute approximate surface area is 270 Å². The van der Waals surface area contributed by atoms with Gasteiger partial charge in [0.2, 0.25) is 0 Å². The summed E-state index contributed by atoms with van der Waals surface area (Å²) in [5.41, 5.74) is 1.99. The lowest BCUT2D eigenvalue weighted by molar-refractivity contribution is 0.0587. The van der Waals surface area contributed by atoms with Gasteiger partial charge in [-0.15, -0.1) is 0 Å². The summed E-state index contributed by atoms with van der Waals surface area (Å²) in [5.74, 6) is -2.30. The summed E-state index contributed by atoms with van der Waals surface area (Å²) in [4.78, 5) is 30.7. The highest BCUT2D eigenvalue weighted by Crippen LogP contribution is 2.23. The number of methoxy groups -OCH3 is 2. The summed E-state index contributed by atoms with van der Waals surface area (Å²) in [6, 6.07) is 16.6. The second-order valence-corrected chi connectivity index (χ2v) is 10.6. The molecule has 0 spiro atoms. The predicted octanol–water partition coefficient (Wildman–Crippen LogP) is 4.12. The molecular weight excluding hydrogens is 725 g/mol. The molecule has 230 valence electrons. The Morgan fingerprint density at radius 1 is 0.867 bits per heavy atom. The van der Waals surface area contributed by atoms with Crippen molar-refractivity contribution in [1.29, 1.82) is 0 Å². The number of hydrogen-bond acceptors (Lipinski definition) is 10. The van der Waals surface area contributed by atoms with E-state index in [2.05, 4.69) is 66.6 Å². The maximum Gasteiger partial charge on any atom is 0.488 e. The lowest BCUT2D eigenvalue weighted by atomic mass is 9.81. The number of pyridine rings is 2. The molecular formula is C28H21BBr2F2N6O6. The molecule has 0 aliphatic carbocycles. The molecule has 4 aromatic heterocycles. The topological polar surface area (TPSA) is 165 Å². The molecule has 17 heteroatoms. The molecule has 0 aliphatic rings. The van der Waals surface area contributed by atoms with E-state index in [4.69, 9.17) is 10.0 Å². The third-order valence-corrected chi connectivity index (χ3v) is 6.82. The van der Waals surface area contributed by atoms with Crippen molar-refractivity contribution in [3.8, 4) is 5.69 Å². The number of carbonyl (C=O) groups excluding carboxylic acids is 2. The van der Waals surface area contributed by atoms with E-state index in [-0.39, 0.29) is 17.0 Å². The number of halogens is 4. The highest BCUT2D eigenvalue weighted by Gasteiger charge is 2.20. The van der Waals surface area contributed by atoms with Crippen molar-refractivity contribution < 1.29 is 37.9 Å². The van der Waals surface area contributed by atoms with E-state index in [1.807, 2.05) is 30.3 Å². The quantitative estimate of drug-likeness (QED) is 0.177. The van der Waals surface area contributed by atoms with Gasteiger partial charge in [-0.1, -0.05) is 50.1 Å². The number of H-pyrrole nitrogens is 1. The first-order valence-corrected chi connectivity index (χ1v) is 14.2. The van der Waals surface area contributed by atoms with Crippen LogP contribution in [0.25, 0.3) is 27.8 Å². The van der Waals surface area contributed by atoms with Gasteiger partial charge in [-0.3, -0.25) is 5.10 Å². The minimum absolute atomic E-state index is 0.0273. The molecule has 0 radical (unpaired) electrons. The van der Waals surface area contributed by atoms with Crippen LogP contribution in [0.15, 0.2) is 82.0 Å². The number of hydrogen-bond donors (Lipinski definition) is 3. The summed E-state index contributed by atoms with van der Waals surface area (Å²) in [5, 5.41) is 28.4. The van der Waals surface area contributed by atoms with E-state index in [1.165, 1.54) is 31.0 Å². The molecule has 12 nitrogen and oxygen atoms in total. The molecule has 0 saturated carbocycles. The lowest BCUT2D eigenvalue weighted by Gasteiger charge is -2.02. The second-order valence-electron chi connectivity index (χ2n) is 8.80. The zero-order chi connectivity index (χ0) is 32.7. The fourth-order valence-electron chi connectivity index (χ4n) is 3.81. The summed E-state index contributed by atoms with van der Waals surface area (Å²) in [6.07, 6.45) is 2.11. The number of aromatic amines is 1. The average Bonchev–Trinajstić information content (AvgIpc) is 3.62. The molecule has 0 fully saturated rings. The van der Waals surface area contributed by atoms with Gasteiger partial charge in [-0.2, -0.15) is 10.2 Å². The molecule has 45 heavy (non-hydrogen) atoms. The van der Waals surface area contributed by atoms with Crippen LogP contribution in [0, 0.1) is 11.6 Å². The average molecular weight is 746 g/mol. The van der Waals surface area contributed by atoms with Crippen LogP contribution in [0.4, 0.5) is 8.78 Å². The van der Waals surface area contributed by atoms with Crippen LogP contribution in [-0.4, -0.2) is 73.3 Å². The fraction of sp³-hybridized carbons (Fsp3) is 0.0714. The van der Waals surface area contributed by atoms with Crippen LogP contribution in [-0.2, 0) is 9.47 Å². The first kappa shape index (κ1) is 33.3. The van der Waals surface area contributed by atoms with Gasteiger partial charge >= 0.3 is 19.1 Å². The van der Waals surface area contributed by atoms with Crippen molar-refractivity contribution >= 4 is 78.4 Å². The number of nitrogens with one attached hydrogen (secondary N) is 1. The Morgan fingerprint density at radius 2 is 1.49 bits per heavy atom.